The molecule has 2 rings (SSSR count). The molecule has 2 N–H and O–H groups in total. The number of benzene rings is 1. The normalized spacial score (nSPS) is 17.2. The van der Waals surface area contributed by atoms with Crippen LogP contribution in [0.5, 0.6) is 5.75 Å². The molecular weight excluding hydrogens is 270 g/mol. The molecule has 21 heavy (non-hydrogen) atoms. The molecule has 6 heteroatoms. The first-order valence-corrected chi connectivity index (χ1v) is 6.98. The van der Waals surface area contributed by atoms with Crippen LogP contribution in [0.25, 0.3) is 0 Å². The summed E-state index contributed by atoms with van der Waals surface area (Å²) < 4.78 is 5.47. The minimum atomic E-state index is -0.502. The van der Waals surface area contributed by atoms with Crippen molar-refractivity contribution < 1.29 is 14.3 Å². The Morgan fingerprint density at radius 3 is 2.86 bits per heavy atom. The van der Waals surface area contributed by atoms with E-state index in [0.29, 0.717) is 29.7 Å². The van der Waals surface area contributed by atoms with Gasteiger partial charge in [-0.15, -0.1) is 0 Å². The zero-order valence-corrected chi connectivity index (χ0v) is 12.8. The Morgan fingerprint density at radius 1 is 1.48 bits per heavy atom. The van der Waals surface area contributed by atoms with Crippen LogP contribution in [0.2, 0.25) is 0 Å². The molecular formula is C15H21N3O3. The van der Waals surface area contributed by atoms with Gasteiger partial charge in [0.2, 0.25) is 5.91 Å². The van der Waals surface area contributed by atoms with Gasteiger partial charge in [0.05, 0.1) is 12.2 Å². The number of nitrogens with zero attached hydrogens (tertiary/aromatic N) is 1. The fraction of sp³-hybridized carbons (Fsp3) is 0.467. The second-order valence-corrected chi connectivity index (χ2v) is 5.52. The molecule has 0 saturated carbocycles. The van der Waals surface area contributed by atoms with E-state index in [2.05, 4.69) is 10.6 Å². The summed E-state index contributed by atoms with van der Waals surface area (Å²) in [6, 6.07) is 5.50. The van der Waals surface area contributed by atoms with Crippen molar-refractivity contribution >= 4 is 23.2 Å². The SMILES string of the molecule is CC(C)N(C)CC(=O)Nc1ccc2c(c1)NC(=O)[C@H](C)O2. The van der Waals surface area contributed by atoms with Crippen LogP contribution in [0.3, 0.4) is 0 Å². The topological polar surface area (TPSA) is 70.7 Å². The fourth-order valence-electron chi connectivity index (χ4n) is 1.90. The van der Waals surface area contributed by atoms with E-state index < -0.39 is 6.10 Å². The first-order valence-electron chi connectivity index (χ1n) is 6.98. The average Bonchev–Trinajstić information content (AvgIpc) is 2.40. The van der Waals surface area contributed by atoms with E-state index in [0.717, 1.165) is 0 Å². The Bertz CT molecular complexity index is 557. The lowest BCUT2D eigenvalue weighted by Crippen LogP contribution is -2.35. The highest BCUT2D eigenvalue weighted by atomic mass is 16.5. The zero-order valence-electron chi connectivity index (χ0n) is 12.8. The predicted molar refractivity (Wildman–Crippen MR) is 81.6 cm³/mol. The zero-order chi connectivity index (χ0) is 15.6. The molecule has 1 aromatic rings. The number of fused-ring (bicyclic) bond motifs is 1. The van der Waals surface area contributed by atoms with E-state index >= 15 is 0 Å². The molecule has 0 spiro atoms. The molecule has 0 fully saturated rings. The number of rotatable bonds is 4. The molecule has 0 radical (unpaired) electrons. The van der Waals surface area contributed by atoms with Gasteiger partial charge in [-0.1, -0.05) is 0 Å². The Balaban J connectivity index is 2.04. The smallest absolute Gasteiger partial charge is 0.265 e. The summed E-state index contributed by atoms with van der Waals surface area (Å²) in [5.74, 6) is 0.326. The van der Waals surface area contributed by atoms with Gasteiger partial charge in [-0.2, -0.15) is 0 Å². The van der Waals surface area contributed by atoms with Crippen molar-refractivity contribution in [1.82, 2.24) is 4.90 Å². The monoisotopic (exact) mass is 291 g/mol. The minimum absolute atomic E-state index is 0.0948. The summed E-state index contributed by atoms with van der Waals surface area (Å²) in [6.45, 7) is 6.06. The summed E-state index contributed by atoms with van der Waals surface area (Å²) >= 11 is 0. The Morgan fingerprint density at radius 2 is 2.19 bits per heavy atom. The lowest BCUT2D eigenvalue weighted by atomic mass is 10.2. The molecule has 0 unspecified atom stereocenters. The maximum Gasteiger partial charge on any atom is 0.265 e. The molecule has 0 bridgehead atoms. The molecule has 1 atom stereocenters. The van der Waals surface area contributed by atoms with Gasteiger partial charge in [0.15, 0.2) is 6.10 Å². The molecule has 2 amide bonds. The number of hydrogen-bond donors (Lipinski definition) is 2. The summed E-state index contributed by atoms with van der Waals surface area (Å²) in [5.41, 5.74) is 1.21. The van der Waals surface area contributed by atoms with Gasteiger partial charge in [-0.3, -0.25) is 14.5 Å². The van der Waals surface area contributed by atoms with Crippen molar-refractivity contribution in [3.05, 3.63) is 18.2 Å². The quantitative estimate of drug-likeness (QED) is 0.885. The predicted octanol–water partition coefficient (Wildman–Crippen LogP) is 1.68. The van der Waals surface area contributed by atoms with Crippen molar-refractivity contribution in [3.63, 3.8) is 0 Å². The van der Waals surface area contributed by atoms with E-state index in [1.807, 2.05) is 25.8 Å². The van der Waals surface area contributed by atoms with Crippen LogP contribution in [0, 0.1) is 0 Å². The molecule has 0 aliphatic carbocycles. The van der Waals surface area contributed by atoms with Crippen molar-refractivity contribution in [2.24, 2.45) is 0 Å². The summed E-state index contributed by atoms with van der Waals surface area (Å²) in [6.07, 6.45) is -0.502. The van der Waals surface area contributed by atoms with E-state index in [1.165, 1.54) is 0 Å². The van der Waals surface area contributed by atoms with Crippen LogP contribution in [0.1, 0.15) is 20.8 Å². The third-order valence-corrected chi connectivity index (χ3v) is 3.47. The second-order valence-electron chi connectivity index (χ2n) is 5.52. The molecule has 0 saturated heterocycles. The average molecular weight is 291 g/mol. The number of anilines is 2. The molecule has 1 heterocycles. The number of carbonyl (C=O) groups excluding carboxylic acids is 2. The maximum absolute atomic E-state index is 11.9. The van der Waals surface area contributed by atoms with E-state index in [1.54, 1.807) is 25.1 Å². The number of hydrogen-bond acceptors (Lipinski definition) is 4. The lowest BCUT2D eigenvalue weighted by molar-refractivity contribution is -0.122. The third-order valence-electron chi connectivity index (χ3n) is 3.47. The number of nitrogens with one attached hydrogen (secondary N) is 2. The Kier molecular flexibility index (Phi) is 4.47. The minimum Gasteiger partial charge on any atom is -0.479 e. The van der Waals surface area contributed by atoms with E-state index in [9.17, 15) is 9.59 Å². The molecule has 0 aromatic heterocycles. The van der Waals surface area contributed by atoms with Gasteiger partial charge in [0, 0.05) is 11.7 Å². The van der Waals surface area contributed by atoms with Crippen LogP contribution in [0.15, 0.2) is 18.2 Å². The summed E-state index contributed by atoms with van der Waals surface area (Å²) in [7, 11) is 1.90. The molecule has 1 aliphatic heterocycles. The first kappa shape index (κ1) is 15.3. The van der Waals surface area contributed by atoms with Crippen LogP contribution in [0.4, 0.5) is 11.4 Å². The van der Waals surface area contributed by atoms with Gasteiger partial charge in [0.1, 0.15) is 5.75 Å². The highest BCUT2D eigenvalue weighted by Crippen LogP contribution is 2.32. The van der Waals surface area contributed by atoms with Gasteiger partial charge in [-0.25, -0.2) is 0 Å². The Hall–Kier alpha value is -2.08. The van der Waals surface area contributed by atoms with Gasteiger partial charge < -0.3 is 15.4 Å². The van der Waals surface area contributed by atoms with Crippen molar-refractivity contribution in [1.29, 1.82) is 0 Å². The van der Waals surface area contributed by atoms with Crippen molar-refractivity contribution in [2.75, 3.05) is 24.2 Å². The standard InChI is InChI=1S/C15H21N3O3/c1-9(2)18(4)8-14(19)16-11-5-6-13-12(7-11)17-15(20)10(3)21-13/h5-7,9-10H,8H2,1-4H3,(H,16,19)(H,17,20)/t10-/m0/s1. The first-order chi connectivity index (χ1) is 9.86. The molecule has 6 nitrogen and oxygen atoms in total. The molecule has 1 aromatic carbocycles. The van der Waals surface area contributed by atoms with Crippen LogP contribution >= 0.6 is 0 Å². The number of likely N-dealkylation sites (N-methyl/N-ethyl adjacent to an activating group) is 1. The number of ether oxygens (including phenoxy) is 1. The summed E-state index contributed by atoms with van der Waals surface area (Å²) in [5, 5.41) is 5.57. The van der Waals surface area contributed by atoms with Gasteiger partial charge >= 0.3 is 0 Å². The van der Waals surface area contributed by atoms with Crippen LogP contribution < -0.4 is 15.4 Å². The lowest BCUT2D eigenvalue weighted by Gasteiger charge is -2.24. The highest BCUT2D eigenvalue weighted by Gasteiger charge is 2.23. The number of carbonyl (C=O) groups is 2. The van der Waals surface area contributed by atoms with Crippen molar-refractivity contribution in [3.8, 4) is 5.75 Å². The van der Waals surface area contributed by atoms with Crippen LogP contribution in [-0.4, -0.2) is 42.5 Å². The molecule has 1 aliphatic rings. The molecule has 114 valence electrons. The highest BCUT2D eigenvalue weighted by molar-refractivity contribution is 5.99. The van der Waals surface area contributed by atoms with E-state index in [-0.39, 0.29) is 11.8 Å². The van der Waals surface area contributed by atoms with Crippen LogP contribution in [-0.2, 0) is 9.59 Å². The van der Waals surface area contributed by atoms with Gasteiger partial charge in [0.25, 0.3) is 5.91 Å². The van der Waals surface area contributed by atoms with E-state index in [4.69, 9.17) is 4.74 Å². The summed E-state index contributed by atoms with van der Waals surface area (Å²) in [4.78, 5) is 25.5. The number of amides is 2. The Labute approximate surface area is 124 Å². The fourth-order valence-corrected chi connectivity index (χ4v) is 1.90. The third kappa shape index (κ3) is 3.72. The van der Waals surface area contributed by atoms with Gasteiger partial charge in [-0.05, 0) is 46.0 Å². The second kappa shape index (κ2) is 6.13. The largest absolute Gasteiger partial charge is 0.479 e. The van der Waals surface area contributed by atoms with Crippen molar-refractivity contribution in [2.45, 2.75) is 32.9 Å². The maximum atomic E-state index is 11.9.